The minimum Gasteiger partial charge on any atom is -0.380 e. The van der Waals surface area contributed by atoms with E-state index in [1.807, 2.05) is 6.92 Å². The molecule has 0 aromatic heterocycles. The number of carbonyl (C=O) groups is 1. The second-order valence-electron chi connectivity index (χ2n) is 5.03. The first-order valence-electron chi connectivity index (χ1n) is 5.84. The second-order valence-corrected chi connectivity index (χ2v) is 5.03. The summed E-state index contributed by atoms with van der Waals surface area (Å²) in [5, 5.41) is 2.53. The lowest BCUT2D eigenvalue weighted by atomic mass is 9.88. The molecule has 1 fully saturated rings. The predicted octanol–water partition coefficient (Wildman–Crippen LogP) is 2.47. The van der Waals surface area contributed by atoms with Crippen LogP contribution in [0.2, 0.25) is 0 Å². The van der Waals surface area contributed by atoms with Crippen LogP contribution in [0.4, 0.5) is 13.2 Å². The average Bonchev–Trinajstić information content (AvgIpc) is 2.32. The molecule has 104 valence electrons. The van der Waals surface area contributed by atoms with E-state index >= 15 is 0 Å². The summed E-state index contributed by atoms with van der Waals surface area (Å²) < 4.78 is 43.3. The first-order valence-corrected chi connectivity index (χ1v) is 5.84. The van der Waals surface area contributed by atoms with Crippen LogP contribution in [0.3, 0.4) is 0 Å². The lowest BCUT2D eigenvalue weighted by Gasteiger charge is -2.38. The Kier molecular flexibility index (Phi) is 3.54. The number of carbonyl (C=O) groups excluding carboxylic acids is 1. The Bertz CT molecular complexity index is 481. The van der Waals surface area contributed by atoms with Crippen molar-refractivity contribution in [2.75, 3.05) is 19.8 Å². The fraction of sp³-hybridized carbons (Fsp3) is 0.462. The third kappa shape index (κ3) is 3.07. The molecule has 0 radical (unpaired) electrons. The van der Waals surface area contributed by atoms with E-state index in [1.54, 1.807) is 0 Å². The minimum atomic E-state index is -4.53. The van der Waals surface area contributed by atoms with Crippen molar-refractivity contribution in [3.8, 4) is 0 Å². The van der Waals surface area contributed by atoms with Crippen LogP contribution >= 0.6 is 0 Å². The van der Waals surface area contributed by atoms with Crippen molar-refractivity contribution < 1.29 is 22.7 Å². The van der Waals surface area contributed by atoms with Crippen molar-refractivity contribution in [1.29, 1.82) is 0 Å². The summed E-state index contributed by atoms with van der Waals surface area (Å²) in [5.41, 5.74) is -1.44. The average molecular weight is 273 g/mol. The molecule has 1 heterocycles. The lowest BCUT2D eigenvalue weighted by molar-refractivity contribution is -0.138. The van der Waals surface area contributed by atoms with Crippen LogP contribution in [-0.2, 0) is 10.9 Å². The Morgan fingerprint density at radius 2 is 2.00 bits per heavy atom. The van der Waals surface area contributed by atoms with Crippen molar-refractivity contribution in [3.63, 3.8) is 0 Å². The highest BCUT2D eigenvalue weighted by Crippen LogP contribution is 2.32. The SMILES string of the molecule is CC1(CNC(=O)c2ccccc2C(F)(F)F)COC1. The number of halogens is 3. The zero-order valence-corrected chi connectivity index (χ0v) is 10.4. The largest absolute Gasteiger partial charge is 0.417 e. The Balaban J connectivity index is 2.11. The highest BCUT2D eigenvalue weighted by molar-refractivity contribution is 5.95. The highest BCUT2D eigenvalue weighted by atomic mass is 19.4. The van der Waals surface area contributed by atoms with Crippen molar-refractivity contribution in [2.24, 2.45) is 5.41 Å². The lowest BCUT2D eigenvalue weighted by Crippen LogP contribution is -2.48. The van der Waals surface area contributed by atoms with Crippen LogP contribution in [0.1, 0.15) is 22.8 Å². The van der Waals surface area contributed by atoms with Gasteiger partial charge < -0.3 is 10.1 Å². The molecule has 1 N–H and O–H groups in total. The molecule has 0 unspecified atom stereocenters. The Labute approximate surface area is 108 Å². The number of ether oxygens (including phenoxy) is 1. The molecule has 0 spiro atoms. The van der Waals surface area contributed by atoms with Gasteiger partial charge in [0.15, 0.2) is 0 Å². The molecule has 1 saturated heterocycles. The Hall–Kier alpha value is -1.56. The van der Waals surface area contributed by atoms with E-state index in [9.17, 15) is 18.0 Å². The maximum absolute atomic E-state index is 12.8. The first kappa shape index (κ1) is 13.9. The number of amides is 1. The van der Waals surface area contributed by atoms with Gasteiger partial charge in [-0.25, -0.2) is 0 Å². The summed E-state index contributed by atoms with van der Waals surface area (Å²) in [5.74, 6) is -0.707. The summed E-state index contributed by atoms with van der Waals surface area (Å²) in [7, 11) is 0. The van der Waals surface area contributed by atoms with Crippen molar-refractivity contribution >= 4 is 5.91 Å². The molecule has 0 aliphatic carbocycles. The molecule has 1 aliphatic rings. The quantitative estimate of drug-likeness (QED) is 0.918. The molecule has 0 atom stereocenters. The van der Waals surface area contributed by atoms with E-state index in [-0.39, 0.29) is 11.0 Å². The van der Waals surface area contributed by atoms with Gasteiger partial charge in [-0.1, -0.05) is 19.1 Å². The smallest absolute Gasteiger partial charge is 0.380 e. The summed E-state index contributed by atoms with van der Waals surface area (Å²) in [6.07, 6.45) is -4.53. The monoisotopic (exact) mass is 273 g/mol. The summed E-state index contributed by atoms with van der Waals surface area (Å²) in [6, 6.07) is 4.76. The highest BCUT2D eigenvalue weighted by Gasteiger charge is 2.36. The van der Waals surface area contributed by atoms with Crippen molar-refractivity contribution in [3.05, 3.63) is 35.4 Å². The molecule has 6 heteroatoms. The number of benzene rings is 1. The number of nitrogens with one attached hydrogen (secondary N) is 1. The van der Waals surface area contributed by atoms with Gasteiger partial charge in [0, 0.05) is 12.0 Å². The predicted molar refractivity (Wildman–Crippen MR) is 62.7 cm³/mol. The fourth-order valence-electron chi connectivity index (χ4n) is 1.87. The molecule has 1 amide bonds. The van der Waals surface area contributed by atoms with E-state index in [1.165, 1.54) is 18.2 Å². The summed E-state index contributed by atoms with van der Waals surface area (Å²) >= 11 is 0. The zero-order chi connectivity index (χ0) is 14.1. The van der Waals surface area contributed by atoms with Crippen molar-refractivity contribution in [1.82, 2.24) is 5.32 Å². The van der Waals surface area contributed by atoms with Gasteiger partial charge in [-0.05, 0) is 12.1 Å². The topological polar surface area (TPSA) is 38.3 Å². The zero-order valence-electron chi connectivity index (χ0n) is 10.4. The van der Waals surface area contributed by atoms with Crippen LogP contribution < -0.4 is 5.32 Å². The molecule has 2 rings (SSSR count). The van der Waals surface area contributed by atoms with E-state index in [2.05, 4.69) is 5.32 Å². The fourth-order valence-corrected chi connectivity index (χ4v) is 1.87. The number of alkyl halides is 3. The Morgan fingerprint density at radius 1 is 1.37 bits per heavy atom. The van der Waals surface area contributed by atoms with Gasteiger partial charge in [-0.15, -0.1) is 0 Å². The van der Waals surface area contributed by atoms with E-state index < -0.39 is 17.6 Å². The van der Waals surface area contributed by atoms with Gasteiger partial charge in [-0.2, -0.15) is 13.2 Å². The van der Waals surface area contributed by atoms with E-state index in [0.717, 1.165) is 6.07 Å². The van der Waals surface area contributed by atoms with Gasteiger partial charge in [-0.3, -0.25) is 4.79 Å². The molecule has 0 bridgehead atoms. The van der Waals surface area contributed by atoms with Gasteiger partial charge in [0.25, 0.3) is 5.91 Å². The molecule has 19 heavy (non-hydrogen) atoms. The van der Waals surface area contributed by atoms with Gasteiger partial charge in [0.1, 0.15) is 0 Å². The van der Waals surface area contributed by atoms with Crippen LogP contribution in [0, 0.1) is 5.41 Å². The molecule has 1 aliphatic heterocycles. The van der Waals surface area contributed by atoms with Gasteiger partial charge in [0.05, 0.1) is 24.3 Å². The van der Waals surface area contributed by atoms with Crippen LogP contribution in [0.15, 0.2) is 24.3 Å². The number of hydrogen-bond donors (Lipinski definition) is 1. The first-order chi connectivity index (χ1) is 8.82. The molecule has 1 aromatic carbocycles. The Morgan fingerprint density at radius 3 is 2.53 bits per heavy atom. The van der Waals surface area contributed by atoms with Gasteiger partial charge in [0.2, 0.25) is 0 Å². The molecular weight excluding hydrogens is 259 g/mol. The standard InChI is InChI=1S/C13H14F3NO2/c1-12(7-19-8-12)6-17-11(18)9-4-2-3-5-10(9)13(14,15)16/h2-5H,6-8H2,1H3,(H,17,18). The minimum absolute atomic E-state index is 0.178. The van der Waals surface area contributed by atoms with Crippen molar-refractivity contribution in [2.45, 2.75) is 13.1 Å². The third-order valence-corrected chi connectivity index (χ3v) is 3.05. The maximum Gasteiger partial charge on any atom is 0.417 e. The molecule has 1 aromatic rings. The van der Waals surface area contributed by atoms with E-state index in [4.69, 9.17) is 4.74 Å². The normalized spacial score (nSPS) is 17.7. The van der Waals surface area contributed by atoms with Crippen LogP contribution in [-0.4, -0.2) is 25.7 Å². The second kappa shape index (κ2) is 4.85. The molecule has 3 nitrogen and oxygen atoms in total. The summed E-state index contributed by atoms with van der Waals surface area (Å²) in [4.78, 5) is 11.8. The number of rotatable bonds is 3. The maximum atomic E-state index is 12.8. The molecule has 0 saturated carbocycles. The van der Waals surface area contributed by atoms with E-state index in [0.29, 0.717) is 19.8 Å². The number of hydrogen-bond acceptors (Lipinski definition) is 2. The van der Waals surface area contributed by atoms with Crippen LogP contribution in [0.25, 0.3) is 0 Å². The third-order valence-electron chi connectivity index (χ3n) is 3.05. The van der Waals surface area contributed by atoms with Crippen LogP contribution in [0.5, 0.6) is 0 Å². The van der Waals surface area contributed by atoms with Gasteiger partial charge >= 0.3 is 6.18 Å². The summed E-state index contributed by atoms with van der Waals surface area (Å²) in [6.45, 7) is 3.23. The molecular formula is C13H14F3NO2.